The molecule has 0 spiro atoms. The highest BCUT2D eigenvalue weighted by molar-refractivity contribution is 5.53. The van der Waals surface area contributed by atoms with Crippen molar-refractivity contribution in [2.45, 2.75) is 77.7 Å². The quantitative estimate of drug-likeness (QED) is 0.781. The lowest BCUT2D eigenvalue weighted by Gasteiger charge is -2.39. The van der Waals surface area contributed by atoms with Crippen LogP contribution in [0.3, 0.4) is 0 Å². The molecule has 0 amide bonds. The average molecular weight is 332 g/mol. The van der Waals surface area contributed by atoms with Gasteiger partial charge in [0.1, 0.15) is 0 Å². The number of fused-ring (bicyclic) bond motifs is 3. The summed E-state index contributed by atoms with van der Waals surface area (Å²) in [5, 5.41) is 0. The molecule has 0 aromatic heterocycles. The summed E-state index contributed by atoms with van der Waals surface area (Å²) in [6, 6.07) is 0. The summed E-state index contributed by atoms with van der Waals surface area (Å²) in [5.74, 6) is -0.471. The first kappa shape index (κ1) is 16.5. The Bertz CT molecular complexity index is 625. The van der Waals surface area contributed by atoms with E-state index in [2.05, 4.69) is 6.92 Å². The van der Waals surface area contributed by atoms with Gasteiger partial charge in [0, 0.05) is 26.6 Å². The van der Waals surface area contributed by atoms with E-state index >= 15 is 0 Å². The maximum Gasteiger partial charge on any atom is 0.172 e. The second kappa shape index (κ2) is 6.75. The van der Waals surface area contributed by atoms with E-state index in [-0.39, 0.29) is 0 Å². The maximum atomic E-state index is 6.29. The summed E-state index contributed by atoms with van der Waals surface area (Å²) in [7, 11) is 1.79. The van der Waals surface area contributed by atoms with E-state index in [0.29, 0.717) is 19.8 Å². The zero-order valence-corrected chi connectivity index (χ0v) is 14.9. The molecule has 2 bridgehead atoms. The molecule has 1 unspecified atom stereocenters. The van der Waals surface area contributed by atoms with Gasteiger partial charge in [0.15, 0.2) is 5.79 Å². The van der Waals surface area contributed by atoms with Crippen LogP contribution in [-0.2, 0) is 51.8 Å². The number of hydrogen-bond acceptors (Lipinski definition) is 4. The molecule has 4 nitrogen and oxygen atoms in total. The van der Waals surface area contributed by atoms with Gasteiger partial charge in [0.25, 0.3) is 0 Å². The zero-order chi connectivity index (χ0) is 16.6. The van der Waals surface area contributed by atoms with E-state index in [9.17, 15) is 0 Å². The topological polar surface area (TPSA) is 36.9 Å². The molecule has 0 radical (unpaired) electrons. The van der Waals surface area contributed by atoms with E-state index < -0.39 is 5.79 Å². The Morgan fingerprint density at radius 2 is 1.50 bits per heavy atom. The second-order valence-electron chi connectivity index (χ2n) is 7.31. The first-order valence-corrected chi connectivity index (χ1v) is 9.23. The zero-order valence-electron chi connectivity index (χ0n) is 14.9. The second-order valence-corrected chi connectivity index (χ2v) is 7.31. The molecular weight excluding hydrogens is 304 g/mol. The minimum atomic E-state index is -0.471. The van der Waals surface area contributed by atoms with Crippen LogP contribution < -0.4 is 0 Å². The Labute approximate surface area is 144 Å². The first-order valence-electron chi connectivity index (χ1n) is 9.23. The molecule has 4 rings (SSSR count). The highest BCUT2D eigenvalue weighted by Crippen LogP contribution is 2.41. The predicted molar refractivity (Wildman–Crippen MR) is 90.6 cm³/mol. The van der Waals surface area contributed by atoms with Crippen LogP contribution in [0.1, 0.15) is 65.5 Å². The fourth-order valence-electron chi connectivity index (χ4n) is 4.43. The van der Waals surface area contributed by atoms with E-state index in [1.807, 2.05) is 0 Å². The Kier molecular flexibility index (Phi) is 4.65. The highest BCUT2D eigenvalue weighted by Gasteiger charge is 2.39. The summed E-state index contributed by atoms with van der Waals surface area (Å²) in [4.78, 5) is 0. The van der Waals surface area contributed by atoms with Gasteiger partial charge in [-0.25, -0.2) is 0 Å². The highest BCUT2D eigenvalue weighted by atomic mass is 16.7. The van der Waals surface area contributed by atoms with Gasteiger partial charge in [-0.05, 0) is 53.1 Å². The third-order valence-electron chi connectivity index (χ3n) is 6.00. The van der Waals surface area contributed by atoms with Crippen molar-refractivity contribution in [2.75, 3.05) is 13.7 Å². The molecule has 132 valence electrons. The molecule has 3 aliphatic heterocycles. The number of ether oxygens (including phenoxy) is 4. The Morgan fingerprint density at radius 1 is 0.792 bits per heavy atom. The molecule has 0 aliphatic carbocycles. The standard InChI is InChI=1S/C20H28O4/c1-14-16-10-22-8-6-4-3-5-7-20(21-2)9-15(16)19(13-24-20)18-12-23-11-17(14)18/h3-13H2,1-2H3. The Hall–Kier alpha value is -0.940. The third kappa shape index (κ3) is 2.80. The van der Waals surface area contributed by atoms with Crippen LogP contribution in [0.2, 0.25) is 0 Å². The Balaban J connectivity index is 1.80. The SMILES string of the molecule is COC12CCCCCCOCc3c(C)c4c(c(c3C1)CO2)COC4. The van der Waals surface area contributed by atoms with Gasteiger partial charge in [-0.2, -0.15) is 0 Å². The Morgan fingerprint density at radius 3 is 2.38 bits per heavy atom. The minimum Gasteiger partial charge on any atom is -0.377 e. The van der Waals surface area contributed by atoms with E-state index in [1.54, 1.807) is 7.11 Å². The van der Waals surface area contributed by atoms with Gasteiger partial charge in [0.05, 0.1) is 26.4 Å². The summed E-state index contributed by atoms with van der Waals surface area (Å²) >= 11 is 0. The van der Waals surface area contributed by atoms with E-state index in [4.69, 9.17) is 18.9 Å². The van der Waals surface area contributed by atoms with Gasteiger partial charge >= 0.3 is 0 Å². The lowest BCUT2D eigenvalue weighted by molar-refractivity contribution is -0.240. The summed E-state index contributed by atoms with van der Waals surface area (Å²) in [6.45, 7) is 5.83. The van der Waals surface area contributed by atoms with Gasteiger partial charge in [0.2, 0.25) is 0 Å². The number of hydrogen-bond donors (Lipinski definition) is 0. The van der Waals surface area contributed by atoms with Gasteiger partial charge in [-0.1, -0.05) is 12.8 Å². The van der Waals surface area contributed by atoms with Crippen molar-refractivity contribution in [3.63, 3.8) is 0 Å². The molecule has 0 saturated carbocycles. The van der Waals surface area contributed by atoms with Crippen LogP contribution in [-0.4, -0.2) is 19.5 Å². The lowest BCUT2D eigenvalue weighted by Crippen LogP contribution is -2.41. The average Bonchev–Trinajstić information content (AvgIpc) is 3.08. The van der Waals surface area contributed by atoms with Crippen molar-refractivity contribution in [2.24, 2.45) is 0 Å². The van der Waals surface area contributed by atoms with Crippen molar-refractivity contribution in [1.82, 2.24) is 0 Å². The molecule has 1 aromatic carbocycles. The van der Waals surface area contributed by atoms with Crippen LogP contribution in [0.4, 0.5) is 0 Å². The summed E-state index contributed by atoms with van der Waals surface area (Å²) in [5.41, 5.74) is 8.13. The van der Waals surface area contributed by atoms with Crippen molar-refractivity contribution < 1.29 is 18.9 Å². The monoisotopic (exact) mass is 332 g/mol. The molecule has 1 atom stereocenters. The number of methoxy groups -OCH3 is 1. The summed E-state index contributed by atoms with van der Waals surface area (Å²) in [6.07, 6.45) is 6.51. The molecular formula is C20H28O4. The molecule has 0 fully saturated rings. The lowest BCUT2D eigenvalue weighted by atomic mass is 9.83. The van der Waals surface area contributed by atoms with E-state index in [0.717, 1.165) is 38.9 Å². The maximum absolute atomic E-state index is 6.29. The van der Waals surface area contributed by atoms with Crippen molar-refractivity contribution >= 4 is 0 Å². The summed E-state index contributed by atoms with van der Waals surface area (Å²) < 4.78 is 24.0. The van der Waals surface area contributed by atoms with Gasteiger partial charge < -0.3 is 18.9 Å². The fraction of sp³-hybridized carbons (Fsp3) is 0.700. The van der Waals surface area contributed by atoms with E-state index in [1.165, 1.54) is 46.2 Å². The number of benzene rings is 1. The van der Waals surface area contributed by atoms with Crippen LogP contribution in [0.25, 0.3) is 0 Å². The molecule has 3 heterocycles. The number of rotatable bonds is 1. The van der Waals surface area contributed by atoms with Crippen LogP contribution >= 0.6 is 0 Å². The minimum absolute atomic E-state index is 0.471. The fourth-order valence-corrected chi connectivity index (χ4v) is 4.43. The van der Waals surface area contributed by atoms with Crippen LogP contribution in [0.5, 0.6) is 0 Å². The van der Waals surface area contributed by atoms with Crippen molar-refractivity contribution in [3.05, 3.63) is 33.4 Å². The van der Waals surface area contributed by atoms with Crippen molar-refractivity contribution in [3.8, 4) is 0 Å². The van der Waals surface area contributed by atoms with Gasteiger partial charge in [-0.15, -0.1) is 0 Å². The largest absolute Gasteiger partial charge is 0.377 e. The third-order valence-corrected chi connectivity index (χ3v) is 6.00. The van der Waals surface area contributed by atoms with Crippen molar-refractivity contribution in [1.29, 1.82) is 0 Å². The molecule has 0 N–H and O–H groups in total. The smallest absolute Gasteiger partial charge is 0.172 e. The normalized spacial score (nSPS) is 27.2. The molecule has 4 heteroatoms. The van der Waals surface area contributed by atoms with Crippen LogP contribution in [0, 0.1) is 6.92 Å². The predicted octanol–water partition coefficient (Wildman–Crippen LogP) is 3.92. The molecule has 1 aromatic rings. The first-order chi connectivity index (χ1) is 11.7. The molecule has 0 saturated heterocycles. The van der Waals surface area contributed by atoms with Gasteiger partial charge in [-0.3, -0.25) is 0 Å². The molecule has 24 heavy (non-hydrogen) atoms. The van der Waals surface area contributed by atoms with Crippen LogP contribution in [0.15, 0.2) is 0 Å². The molecule has 3 aliphatic rings.